The highest BCUT2D eigenvalue weighted by Crippen LogP contribution is 2.53. The van der Waals surface area contributed by atoms with Crippen molar-refractivity contribution in [2.75, 3.05) is 0 Å². The zero-order valence-electron chi connectivity index (χ0n) is 8.54. The molecule has 0 aromatic rings. The van der Waals surface area contributed by atoms with Crippen LogP contribution in [0.3, 0.4) is 0 Å². The maximum Gasteiger partial charge on any atom is 0.406 e. The van der Waals surface area contributed by atoms with E-state index in [0.29, 0.717) is 0 Å². The van der Waals surface area contributed by atoms with Gasteiger partial charge < -0.3 is 5.32 Å². The van der Waals surface area contributed by atoms with Gasteiger partial charge in [-0.1, -0.05) is 6.92 Å². The van der Waals surface area contributed by atoms with Gasteiger partial charge >= 0.3 is 6.18 Å². The predicted molar refractivity (Wildman–Crippen MR) is 48.0 cm³/mol. The number of nitrogens with one attached hydrogen (secondary N) is 1. The standard InChI is InChI=1S/C10H16F3N/c1-7(8(2)3-4-8)14-9(5-6-9)10(11,12)13/h7,14H,3-6H2,1-2H3. The number of halogens is 3. The highest BCUT2D eigenvalue weighted by molar-refractivity contribution is 5.11. The Kier molecular flexibility index (Phi) is 1.95. The molecule has 0 radical (unpaired) electrons. The fourth-order valence-electron chi connectivity index (χ4n) is 1.85. The number of alkyl halides is 3. The summed E-state index contributed by atoms with van der Waals surface area (Å²) in [5.74, 6) is 0. The molecule has 4 heteroatoms. The van der Waals surface area contributed by atoms with E-state index >= 15 is 0 Å². The molecule has 14 heavy (non-hydrogen) atoms. The Morgan fingerprint density at radius 3 is 1.93 bits per heavy atom. The molecular formula is C10H16F3N. The zero-order valence-corrected chi connectivity index (χ0v) is 8.54. The predicted octanol–water partition coefficient (Wildman–Crippen LogP) is 2.86. The van der Waals surface area contributed by atoms with Crippen molar-refractivity contribution in [3.8, 4) is 0 Å². The van der Waals surface area contributed by atoms with Crippen molar-refractivity contribution in [2.45, 2.75) is 57.3 Å². The van der Waals surface area contributed by atoms with Gasteiger partial charge in [0.1, 0.15) is 5.54 Å². The van der Waals surface area contributed by atoms with Crippen LogP contribution in [0.15, 0.2) is 0 Å². The summed E-state index contributed by atoms with van der Waals surface area (Å²) in [6, 6.07) is -0.0216. The lowest BCUT2D eigenvalue weighted by Crippen LogP contribution is -2.51. The monoisotopic (exact) mass is 207 g/mol. The Hall–Kier alpha value is -0.250. The van der Waals surface area contributed by atoms with Gasteiger partial charge in [-0.2, -0.15) is 13.2 Å². The minimum Gasteiger partial charge on any atom is -0.301 e. The Bertz CT molecular complexity index is 238. The third-order valence-electron chi connectivity index (χ3n) is 3.87. The van der Waals surface area contributed by atoms with E-state index in [-0.39, 0.29) is 24.3 Å². The molecule has 2 saturated carbocycles. The Morgan fingerprint density at radius 2 is 1.64 bits per heavy atom. The van der Waals surface area contributed by atoms with Crippen molar-refractivity contribution in [2.24, 2.45) is 5.41 Å². The summed E-state index contributed by atoms with van der Waals surface area (Å²) in [4.78, 5) is 0. The number of hydrogen-bond acceptors (Lipinski definition) is 1. The maximum absolute atomic E-state index is 12.6. The molecule has 1 unspecified atom stereocenters. The van der Waals surface area contributed by atoms with Crippen LogP contribution in [0.4, 0.5) is 13.2 Å². The fourth-order valence-corrected chi connectivity index (χ4v) is 1.85. The normalized spacial score (nSPS) is 29.8. The fraction of sp³-hybridized carbons (Fsp3) is 1.00. The Labute approximate surface area is 82.1 Å². The van der Waals surface area contributed by atoms with Crippen LogP contribution >= 0.6 is 0 Å². The summed E-state index contributed by atoms with van der Waals surface area (Å²) in [6.45, 7) is 3.93. The highest BCUT2D eigenvalue weighted by atomic mass is 19.4. The zero-order chi connectivity index (χ0) is 10.6. The van der Waals surface area contributed by atoms with Crippen LogP contribution in [-0.2, 0) is 0 Å². The van der Waals surface area contributed by atoms with E-state index in [9.17, 15) is 13.2 Å². The molecule has 1 atom stereocenters. The molecule has 2 rings (SSSR count). The highest BCUT2D eigenvalue weighted by Gasteiger charge is 2.64. The number of rotatable bonds is 3. The summed E-state index contributed by atoms with van der Waals surface area (Å²) in [7, 11) is 0. The van der Waals surface area contributed by atoms with Crippen LogP contribution in [-0.4, -0.2) is 17.8 Å². The van der Waals surface area contributed by atoms with E-state index in [1.54, 1.807) is 0 Å². The van der Waals surface area contributed by atoms with Gasteiger partial charge in [-0.15, -0.1) is 0 Å². The lowest BCUT2D eigenvalue weighted by Gasteiger charge is -2.28. The van der Waals surface area contributed by atoms with Gasteiger partial charge in [0, 0.05) is 6.04 Å². The Morgan fingerprint density at radius 1 is 1.14 bits per heavy atom. The summed E-state index contributed by atoms with van der Waals surface area (Å²) < 4.78 is 37.8. The number of hydrogen-bond donors (Lipinski definition) is 1. The van der Waals surface area contributed by atoms with Gasteiger partial charge in [0.25, 0.3) is 0 Å². The van der Waals surface area contributed by atoms with Crippen LogP contribution in [0.1, 0.15) is 39.5 Å². The SMILES string of the molecule is CC(NC1(C(F)(F)F)CC1)C1(C)CC1. The smallest absolute Gasteiger partial charge is 0.301 e. The van der Waals surface area contributed by atoms with E-state index < -0.39 is 11.7 Å². The first-order valence-electron chi connectivity index (χ1n) is 5.14. The second kappa shape index (κ2) is 2.65. The van der Waals surface area contributed by atoms with E-state index in [1.165, 1.54) is 0 Å². The minimum absolute atomic E-state index is 0.0216. The molecule has 1 N–H and O–H groups in total. The average molecular weight is 207 g/mol. The van der Waals surface area contributed by atoms with Crippen LogP contribution in [0.25, 0.3) is 0 Å². The molecule has 0 heterocycles. The van der Waals surface area contributed by atoms with Crippen LogP contribution in [0, 0.1) is 5.41 Å². The molecule has 0 saturated heterocycles. The van der Waals surface area contributed by atoms with Gasteiger partial charge in [0.2, 0.25) is 0 Å². The average Bonchev–Trinajstić information content (AvgIpc) is 2.85. The molecule has 0 amide bonds. The lowest BCUT2D eigenvalue weighted by atomic mass is 9.99. The topological polar surface area (TPSA) is 12.0 Å². The third kappa shape index (κ3) is 1.53. The van der Waals surface area contributed by atoms with E-state index in [2.05, 4.69) is 12.2 Å². The molecule has 0 bridgehead atoms. The second-order valence-electron chi connectivity index (χ2n) is 5.10. The van der Waals surface area contributed by atoms with Gasteiger partial charge in [-0.3, -0.25) is 0 Å². The van der Waals surface area contributed by atoms with Crippen LogP contribution in [0.5, 0.6) is 0 Å². The van der Waals surface area contributed by atoms with Gasteiger partial charge in [-0.05, 0) is 38.0 Å². The second-order valence-corrected chi connectivity index (χ2v) is 5.10. The van der Waals surface area contributed by atoms with E-state index in [1.807, 2.05) is 6.92 Å². The summed E-state index contributed by atoms with van der Waals surface area (Å²) in [6.07, 6.45) is -1.48. The first-order chi connectivity index (χ1) is 6.29. The molecule has 2 aliphatic rings. The van der Waals surface area contributed by atoms with Crippen molar-refractivity contribution in [3.05, 3.63) is 0 Å². The molecule has 0 spiro atoms. The van der Waals surface area contributed by atoms with Gasteiger partial charge in [0.15, 0.2) is 0 Å². The van der Waals surface area contributed by atoms with Gasteiger partial charge in [0.05, 0.1) is 0 Å². The molecular weight excluding hydrogens is 191 g/mol. The third-order valence-corrected chi connectivity index (χ3v) is 3.87. The molecule has 1 nitrogen and oxygen atoms in total. The van der Waals surface area contributed by atoms with Gasteiger partial charge in [-0.25, -0.2) is 0 Å². The molecule has 0 aliphatic heterocycles. The molecule has 2 aliphatic carbocycles. The lowest BCUT2D eigenvalue weighted by molar-refractivity contribution is -0.168. The van der Waals surface area contributed by atoms with Crippen molar-refractivity contribution in [1.82, 2.24) is 5.32 Å². The summed E-state index contributed by atoms with van der Waals surface area (Å²) in [5, 5.41) is 2.78. The van der Waals surface area contributed by atoms with Crippen molar-refractivity contribution in [3.63, 3.8) is 0 Å². The molecule has 0 aromatic heterocycles. The van der Waals surface area contributed by atoms with E-state index in [0.717, 1.165) is 12.8 Å². The summed E-state index contributed by atoms with van der Waals surface area (Å²) in [5.41, 5.74) is -1.43. The molecule has 82 valence electrons. The minimum atomic E-state index is -4.08. The summed E-state index contributed by atoms with van der Waals surface area (Å²) >= 11 is 0. The van der Waals surface area contributed by atoms with Crippen LogP contribution in [0.2, 0.25) is 0 Å². The van der Waals surface area contributed by atoms with Crippen molar-refractivity contribution in [1.29, 1.82) is 0 Å². The quantitative estimate of drug-likeness (QED) is 0.750. The van der Waals surface area contributed by atoms with E-state index in [4.69, 9.17) is 0 Å². The van der Waals surface area contributed by atoms with Crippen LogP contribution < -0.4 is 5.32 Å². The Balaban J connectivity index is 1.97. The molecule has 0 aromatic carbocycles. The first kappa shape index (κ1) is 10.3. The first-order valence-corrected chi connectivity index (χ1v) is 5.14. The van der Waals surface area contributed by atoms with Crippen molar-refractivity contribution < 1.29 is 13.2 Å². The van der Waals surface area contributed by atoms with Crippen molar-refractivity contribution >= 4 is 0 Å². The largest absolute Gasteiger partial charge is 0.406 e. The molecule has 2 fully saturated rings. The maximum atomic E-state index is 12.6.